The van der Waals surface area contributed by atoms with Crippen molar-refractivity contribution in [1.29, 1.82) is 0 Å². The monoisotopic (exact) mass is 711 g/mol. The molecule has 0 aromatic rings. The van der Waals surface area contributed by atoms with Crippen LogP contribution >= 0.6 is 0 Å². The fourth-order valence-electron chi connectivity index (χ4n) is 15.2. The number of aliphatic hydroxyl groups excluding tert-OH is 1. The van der Waals surface area contributed by atoms with E-state index in [1.165, 1.54) is 32.6 Å². The highest BCUT2D eigenvalue weighted by atomic mass is 16.6. The minimum absolute atomic E-state index is 0.169. The number of ether oxygens (including phenoxy) is 3. The first-order valence-electron chi connectivity index (χ1n) is 21.0. The number of hydrogen-bond acceptors (Lipinski definition) is 7. The maximum atomic E-state index is 12.5. The van der Waals surface area contributed by atoms with Crippen LogP contribution in [-0.4, -0.2) is 46.4 Å². The number of fused-ring (bicyclic) bond motifs is 18. The Morgan fingerprint density at radius 1 is 0.569 bits per heavy atom. The molecule has 7 heteroatoms. The number of rotatable bonds is 7. The molecule has 1 N–H and O–H groups in total. The molecular weight excluding hydrogens is 640 g/mol. The van der Waals surface area contributed by atoms with Crippen LogP contribution in [0.15, 0.2) is 0 Å². The predicted molar refractivity (Wildman–Crippen MR) is 196 cm³/mol. The van der Waals surface area contributed by atoms with Gasteiger partial charge in [-0.25, -0.2) is 0 Å². The Kier molecular flexibility index (Phi) is 9.82. The van der Waals surface area contributed by atoms with Crippen molar-refractivity contribution in [2.24, 2.45) is 107 Å². The summed E-state index contributed by atoms with van der Waals surface area (Å²) in [5.41, 5.74) is -0.972. The number of aliphatic hydroxyl groups is 1. The van der Waals surface area contributed by atoms with Crippen LogP contribution in [-0.2, 0) is 28.6 Å². The van der Waals surface area contributed by atoms with Gasteiger partial charge in [0.25, 0.3) is 0 Å². The highest BCUT2D eigenvalue weighted by Crippen LogP contribution is 2.73. The minimum atomic E-state index is -0.511. The summed E-state index contributed by atoms with van der Waals surface area (Å²) in [6.07, 6.45) is 7.21. The second kappa shape index (κ2) is 13.3. The first kappa shape index (κ1) is 37.7. The molecule has 0 amide bonds. The Labute approximate surface area is 308 Å². The van der Waals surface area contributed by atoms with E-state index >= 15 is 0 Å². The van der Waals surface area contributed by atoms with E-state index in [9.17, 15) is 19.5 Å². The molecule has 7 nitrogen and oxygen atoms in total. The van der Waals surface area contributed by atoms with Crippen molar-refractivity contribution in [1.82, 2.24) is 0 Å². The van der Waals surface area contributed by atoms with Crippen molar-refractivity contribution < 1.29 is 33.7 Å². The first-order chi connectivity index (χ1) is 23.7. The highest BCUT2D eigenvalue weighted by molar-refractivity contribution is 5.72. The van der Waals surface area contributed by atoms with Gasteiger partial charge in [0.1, 0.15) is 17.3 Å². The van der Waals surface area contributed by atoms with Crippen molar-refractivity contribution in [2.45, 2.75) is 151 Å². The maximum absolute atomic E-state index is 12.5. The third-order valence-electron chi connectivity index (χ3n) is 16.7. The van der Waals surface area contributed by atoms with Gasteiger partial charge in [-0.1, -0.05) is 27.7 Å². The molecule has 0 aliphatic heterocycles. The molecule has 8 aliphatic carbocycles. The average Bonchev–Trinajstić information content (AvgIpc) is 3.84. The summed E-state index contributed by atoms with van der Waals surface area (Å²) in [6.45, 7) is 22.6. The Morgan fingerprint density at radius 3 is 1.39 bits per heavy atom. The van der Waals surface area contributed by atoms with E-state index in [-0.39, 0.29) is 36.9 Å². The molecule has 0 aromatic heterocycles. The lowest BCUT2D eigenvalue weighted by atomic mass is 9.61. The normalized spacial score (nSPS) is 47.8. The Bertz CT molecular complexity index is 1340. The lowest BCUT2D eigenvalue weighted by Gasteiger charge is -2.45. The fourth-order valence-corrected chi connectivity index (χ4v) is 15.2. The van der Waals surface area contributed by atoms with Gasteiger partial charge in [-0.15, -0.1) is 0 Å². The zero-order valence-electron chi connectivity index (χ0n) is 33.6. The van der Waals surface area contributed by atoms with E-state index in [1.54, 1.807) is 0 Å². The van der Waals surface area contributed by atoms with Gasteiger partial charge in [0.15, 0.2) is 0 Å². The van der Waals surface area contributed by atoms with Crippen molar-refractivity contribution in [3.63, 3.8) is 0 Å². The summed E-state index contributed by atoms with van der Waals surface area (Å²) >= 11 is 0. The molecule has 0 spiro atoms. The lowest BCUT2D eigenvalue weighted by molar-refractivity contribution is -0.165. The number of carbonyl (C=O) groups is 3. The van der Waals surface area contributed by atoms with E-state index in [4.69, 9.17) is 14.2 Å². The second-order valence-corrected chi connectivity index (χ2v) is 21.3. The largest absolute Gasteiger partial charge is 0.462 e. The second-order valence-electron chi connectivity index (χ2n) is 21.3. The topological polar surface area (TPSA) is 99.1 Å². The summed E-state index contributed by atoms with van der Waals surface area (Å²) in [5, 5.41) is 10.7. The fraction of sp³-hybridized carbons (Fsp3) is 0.932. The van der Waals surface area contributed by atoms with Crippen LogP contribution in [0.3, 0.4) is 0 Å². The standard InChI is InChI=1S/C23H36O4.C21H34O3/c1-11-12(2)16-9-15(11)21-14-7-17(18(8-14)22(16)21)19(26-13(3)24)10-20(25)27-23(4,5)6;1-10-11(2)14-8-13(10)19-12-6-15(16(7-12)20(14)19)17(22)9-18(23)24-21(3,4)5/h11-12,14-19,21-22H,7-10H2,1-6H3;10-17,19-20,22H,6-9H2,1-5H3. The molecule has 0 saturated heterocycles. The molecule has 8 bridgehead atoms. The van der Waals surface area contributed by atoms with Crippen LogP contribution < -0.4 is 0 Å². The van der Waals surface area contributed by atoms with Crippen molar-refractivity contribution in [3.8, 4) is 0 Å². The van der Waals surface area contributed by atoms with Crippen LogP contribution in [0.1, 0.15) is 128 Å². The van der Waals surface area contributed by atoms with Crippen LogP contribution in [0, 0.1) is 107 Å². The summed E-state index contributed by atoms with van der Waals surface area (Å²) < 4.78 is 16.7. The number of hydrogen-bond donors (Lipinski definition) is 1. The Balaban J connectivity index is 0.000000160. The van der Waals surface area contributed by atoms with Gasteiger partial charge in [0.05, 0.1) is 18.9 Å². The first-order valence-corrected chi connectivity index (χ1v) is 21.0. The molecule has 8 rings (SSSR count). The molecule has 0 heterocycles. The van der Waals surface area contributed by atoms with E-state index in [0.29, 0.717) is 23.7 Å². The molecule has 288 valence electrons. The van der Waals surface area contributed by atoms with Gasteiger partial charge < -0.3 is 19.3 Å². The van der Waals surface area contributed by atoms with Gasteiger partial charge >= 0.3 is 17.9 Å². The Hall–Kier alpha value is -1.63. The van der Waals surface area contributed by atoms with Crippen molar-refractivity contribution in [3.05, 3.63) is 0 Å². The molecule has 51 heavy (non-hydrogen) atoms. The summed E-state index contributed by atoms with van der Waals surface area (Å²) in [4.78, 5) is 36.3. The van der Waals surface area contributed by atoms with Gasteiger partial charge in [-0.3, -0.25) is 14.4 Å². The van der Waals surface area contributed by atoms with E-state index in [2.05, 4.69) is 27.7 Å². The van der Waals surface area contributed by atoms with Crippen LogP contribution in [0.4, 0.5) is 0 Å². The molecular formula is C44H70O7. The zero-order chi connectivity index (χ0) is 37.1. The SMILES string of the molecule is CC(=O)OC(CC(=O)OC(C)(C)C)C1CC2CC1C1C3CC(C(C)C3C)C21.CC1C(C)C2CC1C1C3CC(C(O)CC(=O)OC(C)(C)C)C(C3)C21. The van der Waals surface area contributed by atoms with Gasteiger partial charge in [-0.05, 0) is 187 Å². The van der Waals surface area contributed by atoms with Crippen LogP contribution in [0.2, 0.25) is 0 Å². The third kappa shape index (κ3) is 6.72. The summed E-state index contributed by atoms with van der Waals surface area (Å²) in [7, 11) is 0. The average molecular weight is 711 g/mol. The lowest BCUT2D eigenvalue weighted by Crippen LogP contribution is -2.43. The molecule has 20 atom stereocenters. The van der Waals surface area contributed by atoms with Crippen molar-refractivity contribution in [2.75, 3.05) is 0 Å². The molecule has 8 fully saturated rings. The van der Waals surface area contributed by atoms with Gasteiger partial charge in [0, 0.05) is 6.92 Å². The third-order valence-corrected chi connectivity index (χ3v) is 16.7. The molecule has 0 aromatic carbocycles. The van der Waals surface area contributed by atoms with E-state index in [0.717, 1.165) is 95.7 Å². The molecule has 8 aliphatic rings. The quantitative estimate of drug-likeness (QED) is 0.161. The maximum Gasteiger partial charge on any atom is 0.310 e. The number of esters is 3. The van der Waals surface area contributed by atoms with Crippen LogP contribution in [0.5, 0.6) is 0 Å². The van der Waals surface area contributed by atoms with Gasteiger partial charge in [-0.2, -0.15) is 0 Å². The van der Waals surface area contributed by atoms with Gasteiger partial charge in [0.2, 0.25) is 0 Å². The van der Waals surface area contributed by atoms with Crippen LogP contribution in [0.25, 0.3) is 0 Å². The summed E-state index contributed by atoms with van der Waals surface area (Å²) in [6, 6.07) is 0. The smallest absolute Gasteiger partial charge is 0.310 e. The zero-order valence-corrected chi connectivity index (χ0v) is 33.6. The summed E-state index contributed by atoms with van der Waals surface area (Å²) in [5.74, 6) is 13.2. The molecule has 20 unspecified atom stereocenters. The highest BCUT2D eigenvalue weighted by Gasteiger charge is 2.68. The minimum Gasteiger partial charge on any atom is -0.462 e. The van der Waals surface area contributed by atoms with E-state index in [1.807, 2.05) is 41.5 Å². The predicted octanol–water partition coefficient (Wildman–Crippen LogP) is 8.35. The van der Waals surface area contributed by atoms with E-state index < -0.39 is 17.3 Å². The molecule has 0 radical (unpaired) electrons. The Morgan fingerprint density at radius 2 is 0.961 bits per heavy atom. The number of carbonyl (C=O) groups excluding carboxylic acids is 3. The van der Waals surface area contributed by atoms with Crippen molar-refractivity contribution >= 4 is 17.9 Å². The molecule has 8 saturated carbocycles.